The Bertz CT molecular complexity index is 1180. The molecule has 186 valence electrons. The molecule has 2 aliphatic heterocycles. The maximum absolute atomic E-state index is 13.8. The highest BCUT2D eigenvalue weighted by atomic mass is 19.1. The van der Waals surface area contributed by atoms with Gasteiger partial charge in [-0.2, -0.15) is 0 Å². The Labute approximate surface area is 202 Å². The van der Waals surface area contributed by atoms with E-state index in [4.69, 9.17) is 9.47 Å². The van der Waals surface area contributed by atoms with Crippen LogP contribution in [0.15, 0.2) is 29.8 Å². The van der Waals surface area contributed by atoms with Gasteiger partial charge >= 0.3 is 5.97 Å². The Hall–Kier alpha value is -3.50. The molecular weight excluding hydrogens is 457 g/mol. The monoisotopic (exact) mass is 485 g/mol. The fourth-order valence-corrected chi connectivity index (χ4v) is 4.81. The number of morpholine rings is 1. The van der Waals surface area contributed by atoms with Crippen molar-refractivity contribution >= 4 is 23.4 Å². The lowest BCUT2D eigenvalue weighted by molar-refractivity contribution is -0.907. The smallest absolute Gasteiger partial charge is 0.354 e. The van der Waals surface area contributed by atoms with Gasteiger partial charge in [0.05, 0.1) is 39.5 Å². The van der Waals surface area contributed by atoms with E-state index in [2.05, 4.69) is 4.98 Å². The number of carbonyl (C=O) groups is 3. The summed E-state index contributed by atoms with van der Waals surface area (Å²) in [6, 6.07) is 4.46. The Morgan fingerprint density at radius 1 is 1.23 bits per heavy atom. The SMILES string of the molecule is COC(=O)c1[nH]c(C)c(/C([O-])=C2\C(=O)C(=O)N(CC[NH+]3CCOCC3)C2c2ccc(F)cc2)c1C. The molecule has 35 heavy (non-hydrogen) atoms. The van der Waals surface area contributed by atoms with E-state index in [0.717, 1.165) is 13.1 Å². The molecule has 2 aromatic rings. The summed E-state index contributed by atoms with van der Waals surface area (Å²) in [5.74, 6) is -3.41. The zero-order valence-electron chi connectivity index (χ0n) is 19.9. The minimum atomic E-state index is -0.959. The molecule has 0 radical (unpaired) electrons. The molecule has 0 spiro atoms. The number of quaternary nitrogens is 1. The molecule has 1 aromatic carbocycles. The van der Waals surface area contributed by atoms with Crippen LogP contribution in [-0.2, 0) is 19.1 Å². The summed E-state index contributed by atoms with van der Waals surface area (Å²) in [6.45, 7) is 6.82. The van der Waals surface area contributed by atoms with E-state index in [0.29, 0.717) is 36.6 Å². The van der Waals surface area contributed by atoms with Crippen LogP contribution in [0.25, 0.3) is 5.76 Å². The molecule has 2 aliphatic rings. The molecule has 1 amide bonds. The van der Waals surface area contributed by atoms with Crippen LogP contribution in [0, 0.1) is 19.7 Å². The van der Waals surface area contributed by atoms with Crippen molar-refractivity contribution in [3.8, 4) is 0 Å². The van der Waals surface area contributed by atoms with E-state index in [1.165, 1.54) is 41.2 Å². The van der Waals surface area contributed by atoms with Crippen molar-refractivity contribution in [2.75, 3.05) is 46.5 Å². The number of hydrogen-bond acceptors (Lipinski definition) is 6. The largest absolute Gasteiger partial charge is 0.872 e. The lowest BCUT2D eigenvalue weighted by Crippen LogP contribution is -3.14. The molecule has 1 atom stereocenters. The number of H-pyrrole nitrogens is 1. The summed E-state index contributed by atoms with van der Waals surface area (Å²) in [6.07, 6.45) is 0. The molecule has 4 rings (SSSR count). The number of aryl methyl sites for hydroxylation is 1. The maximum Gasteiger partial charge on any atom is 0.354 e. The van der Waals surface area contributed by atoms with E-state index < -0.39 is 35.3 Å². The number of Topliss-reactive ketones (excluding diaryl/α,β-unsaturated/α-hetero) is 1. The van der Waals surface area contributed by atoms with Crippen LogP contribution in [0.1, 0.15) is 38.9 Å². The number of amides is 1. The number of halogens is 1. The first-order valence-corrected chi connectivity index (χ1v) is 11.5. The molecule has 2 N–H and O–H groups in total. The minimum Gasteiger partial charge on any atom is -0.872 e. The Morgan fingerprint density at radius 3 is 2.51 bits per heavy atom. The third-order valence-electron chi connectivity index (χ3n) is 6.68. The molecule has 0 saturated carbocycles. The summed E-state index contributed by atoms with van der Waals surface area (Å²) in [7, 11) is 1.23. The number of rotatable bonds is 6. The van der Waals surface area contributed by atoms with Crippen LogP contribution in [-0.4, -0.2) is 74.0 Å². The van der Waals surface area contributed by atoms with Gasteiger partial charge in [0.1, 0.15) is 24.6 Å². The highest BCUT2D eigenvalue weighted by Gasteiger charge is 2.44. The second-order valence-corrected chi connectivity index (χ2v) is 8.75. The first-order chi connectivity index (χ1) is 16.7. The molecule has 9 nitrogen and oxygen atoms in total. The van der Waals surface area contributed by atoms with E-state index >= 15 is 0 Å². The van der Waals surface area contributed by atoms with Crippen LogP contribution in [0.3, 0.4) is 0 Å². The molecule has 2 fully saturated rings. The number of nitrogens with one attached hydrogen (secondary N) is 2. The second kappa shape index (κ2) is 10.0. The van der Waals surface area contributed by atoms with Crippen molar-refractivity contribution in [2.24, 2.45) is 0 Å². The third kappa shape index (κ3) is 4.59. The van der Waals surface area contributed by atoms with Gasteiger partial charge in [0.15, 0.2) is 0 Å². The summed E-state index contributed by atoms with van der Waals surface area (Å²) >= 11 is 0. The van der Waals surface area contributed by atoms with Gasteiger partial charge < -0.3 is 29.4 Å². The van der Waals surface area contributed by atoms with Crippen LogP contribution in [0.5, 0.6) is 0 Å². The fraction of sp³-hybridized carbons (Fsp3) is 0.400. The number of aromatic amines is 1. The van der Waals surface area contributed by atoms with Crippen LogP contribution >= 0.6 is 0 Å². The van der Waals surface area contributed by atoms with Gasteiger partial charge in [-0.25, -0.2) is 9.18 Å². The highest BCUT2D eigenvalue weighted by Crippen LogP contribution is 2.39. The number of esters is 1. The second-order valence-electron chi connectivity index (χ2n) is 8.75. The zero-order valence-corrected chi connectivity index (χ0v) is 19.9. The quantitative estimate of drug-likeness (QED) is 0.251. The average Bonchev–Trinajstić information content (AvgIpc) is 3.30. The number of aromatic nitrogens is 1. The maximum atomic E-state index is 13.8. The lowest BCUT2D eigenvalue weighted by Gasteiger charge is -2.30. The number of benzene rings is 1. The molecule has 1 aromatic heterocycles. The van der Waals surface area contributed by atoms with E-state index in [1.807, 2.05) is 0 Å². The van der Waals surface area contributed by atoms with Gasteiger partial charge in [0.2, 0.25) is 5.78 Å². The Morgan fingerprint density at radius 2 is 1.89 bits per heavy atom. The summed E-state index contributed by atoms with van der Waals surface area (Å²) in [5, 5.41) is 13.8. The normalized spacial score (nSPS) is 20.5. The van der Waals surface area contributed by atoms with Crippen molar-refractivity contribution in [1.82, 2.24) is 9.88 Å². The lowest BCUT2D eigenvalue weighted by atomic mass is 9.94. The van der Waals surface area contributed by atoms with Gasteiger partial charge in [-0.1, -0.05) is 17.9 Å². The third-order valence-corrected chi connectivity index (χ3v) is 6.68. The van der Waals surface area contributed by atoms with Crippen LogP contribution in [0.2, 0.25) is 0 Å². The standard InChI is InChI=1S/C25H28FN3O6/c1-14-18(15(2)27-20(14)25(33)34-3)22(30)19-21(16-4-6-17(26)7-5-16)29(24(32)23(19)31)9-8-28-10-12-35-13-11-28/h4-7,21,27,30H,8-13H2,1-3H3/b22-19+. The molecule has 0 bridgehead atoms. The number of methoxy groups -OCH3 is 1. The number of carbonyl (C=O) groups excluding carboxylic acids is 3. The van der Waals surface area contributed by atoms with Gasteiger partial charge in [-0.05, 0) is 42.7 Å². The van der Waals surface area contributed by atoms with Crippen LogP contribution < -0.4 is 10.0 Å². The van der Waals surface area contributed by atoms with Gasteiger partial charge in [-0.15, -0.1) is 0 Å². The summed E-state index contributed by atoms with van der Waals surface area (Å²) in [4.78, 5) is 43.9. The molecule has 3 heterocycles. The molecule has 10 heteroatoms. The molecular formula is C25H28FN3O6. The fourth-order valence-electron chi connectivity index (χ4n) is 4.81. The van der Waals surface area contributed by atoms with Crippen molar-refractivity contribution in [1.29, 1.82) is 0 Å². The van der Waals surface area contributed by atoms with Crippen LogP contribution in [0.4, 0.5) is 4.39 Å². The zero-order chi connectivity index (χ0) is 25.3. The summed E-state index contributed by atoms with van der Waals surface area (Å²) in [5.41, 5.74) is 1.23. The first kappa shape index (κ1) is 24.6. The average molecular weight is 486 g/mol. The molecule has 2 saturated heterocycles. The van der Waals surface area contributed by atoms with Crippen molar-refractivity contribution in [3.05, 3.63) is 63.7 Å². The predicted molar refractivity (Wildman–Crippen MR) is 121 cm³/mol. The van der Waals surface area contributed by atoms with Crippen molar-refractivity contribution in [3.63, 3.8) is 0 Å². The Balaban J connectivity index is 1.79. The van der Waals surface area contributed by atoms with E-state index in [1.54, 1.807) is 13.8 Å². The Kier molecular flexibility index (Phi) is 7.04. The number of nitrogens with zero attached hydrogens (tertiary/aromatic N) is 1. The van der Waals surface area contributed by atoms with E-state index in [9.17, 15) is 23.9 Å². The molecule has 1 unspecified atom stereocenters. The number of likely N-dealkylation sites (tertiary alicyclic amines) is 1. The van der Waals surface area contributed by atoms with Crippen molar-refractivity contribution in [2.45, 2.75) is 19.9 Å². The summed E-state index contributed by atoms with van der Waals surface area (Å²) < 4.78 is 23.8. The highest BCUT2D eigenvalue weighted by molar-refractivity contribution is 6.46. The minimum absolute atomic E-state index is 0.108. The predicted octanol–water partition coefficient (Wildman–Crippen LogP) is -0.304. The topological polar surface area (TPSA) is 116 Å². The number of hydrogen-bond donors (Lipinski definition) is 2. The number of ketones is 1. The first-order valence-electron chi connectivity index (χ1n) is 11.5. The van der Waals surface area contributed by atoms with Gasteiger partial charge in [-0.3, -0.25) is 9.59 Å². The van der Waals surface area contributed by atoms with E-state index in [-0.39, 0.29) is 23.4 Å². The van der Waals surface area contributed by atoms with Gasteiger partial charge in [0, 0.05) is 11.3 Å². The van der Waals surface area contributed by atoms with Crippen molar-refractivity contribution < 1.29 is 38.3 Å². The van der Waals surface area contributed by atoms with Gasteiger partial charge in [0.25, 0.3) is 5.91 Å². The number of ether oxygens (including phenoxy) is 2. The molecule has 0 aliphatic carbocycles.